The van der Waals surface area contributed by atoms with Crippen molar-refractivity contribution in [2.24, 2.45) is 0 Å². The van der Waals surface area contributed by atoms with Crippen molar-refractivity contribution in [3.63, 3.8) is 0 Å². The van der Waals surface area contributed by atoms with Gasteiger partial charge in [-0.05, 0) is 48.7 Å². The molecule has 0 fully saturated rings. The predicted molar refractivity (Wildman–Crippen MR) is 113 cm³/mol. The van der Waals surface area contributed by atoms with Crippen molar-refractivity contribution in [1.82, 2.24) is 9.38 Å². The molecule has 0 saturated heterocycles. The van der Waals surface area contributed by atoms with Crippen molar-refractivity contribution in [3.8, 4) is 11.3 Å². The Bertz CT molecular complexity index is 1120. The topological polar surface area (TPSA) is 46.4 Å². The van der Waals surface area contributed by atoms with E-state index in [-0.39, 0.29) is 11.8 Å². The number of hydrogen-bond acceptors (Lipinski definition) is 2. The van der Waals surface area contributed by atoms with Gasteiger partial charge in [0, 0.05) is 23.6 Å². The van der Waals surface area contributed by atoms with Crippen LogP contribution in [0.25, 0.3) is 16.9 Å². The molecular formula is C24H23N3O. The molecule has 1 unspecified atom stereocenters. The number of pyridine rings is 1. The maximum atomic E-state index is 12.8. The van der Waals surface area contributed by atoms with Gasteiger partial charge in [0.1, 0.15) is 5.65 Å². The molecule has 0 radical (unpaired) electrons. The Labute approximate surface area is 164 Å². The van der Waals surface area contributed by atoms with E-state index in [9.17, 15) is 4.79 Å². The molecule has 4 nitrogen and oxygen atoms in total. The third-order valence-electron chi connectivity index (χ3n) is 4.97. The first kappa shape index (κ1) is 18.0. The van der Waals surface area contributed by atoms with Crippen LogP contribution < -0.4 is 5.32 Å². The van der Waals surface area contributed by atoms with Crippen molar-refractivity contribution in [3.05, 3.63) is 90.3 Å². The molecule has 4 heteroatoms. The number of benzene rings is 2. The number of aromatic nitrogens is 2. The molecule has 1 atom stereocenters. The largest absolute Gasteiger partial charge is 0.326 e. The second-order valence-electron chi connectivity index (χ2n) is 7.04. The maximum absolute atomic E-state index is 12.8. The van der Waals surface area contributed by atoms with Crippen LogP contribution in [0.5, 0.6) is 0 Å². The fourth-order valence-corrected chi connectivity index (χ4v) is 3.47. The molecule has 1 amide bonds. The second-order valence-corrected chi connectivity index (χ2v) is 7.04. The Hall–Kier alpha value is -3.40. The highest BCUT2D eigenvalue weighted by Gasteiger charge is 2.18. The Kier molecular flexibility index (Phi) is 4.94. The van der Waals surface area contributed by atoms with Crippen molar-refractivity contribution in [1.29, 1.82) is 0 Å². The van der Waals surface area contributed by atoms with Crippen molar-refractivity contribution in [2.45, 2.75) is 26.2 Å². The van der Waals surface area contributed by atoms with Gasteiger partial charge in [-0.3, -0.25) is 4.79 Å². The number of hydrogen-bond donors (Lipinski definition) is 1. The number of nitrogens with zero attached hydrogens (tertiary/aromatic N) is 2. The van der Waals surface area contributed by atoms with E-state index in [0.29, 0.717) is 0 Å². The molecular weight excluding hydrogens is 346 g/mol. The van der Waals surface area contributed by atoms with E-state index >= 15 is 0 Å². The number of carbonyl (C=O) groups excluding carboxylic acids is 1. The number of amides is 1. The van der Waals surface area contributed by atoms with Crippen molar-refractivity contribution < 1.29 is 4.79 Å². The highest BCUT2D eigenvalue weighted by atomic mass is 16.1. The Balaban J connectivity index is 1.58. The first-order valence-electron chi connectivity index (χ1n) is 9.55. The standard InChI is InChI=1S/C24H23N3O/c1-3-21(18-8-5-4-6-9-18)24(28)25-20-11-7-10-19(15-20)22-16-27-13-12-17(2)14-23(27)26-22/h4-16,21H,3H2,1-2H3,(H,25,28). The lowest BCUT2D eigenvalue weighted by Gasteiger charge is -2.15. The summed E-state index contributed by atoms with van der Waals surface area (Å²) in [6.07, 6.45) is 4.77. The molecule has 2 heterocycles. The summed E-state index contributed by atoms with van der Waals surface area (Å²) in [4.78, 5) is 17.6. The third-order valence-corrected chi connectivity index (χ3v) is 4.97. The molecule has 2 aromatic heterocycles. The number of aryl methyl sites for hydroxylation is 1. The van der Waals surface area contributed by atoms with Gasteiger partial charge in [-0.15, -0.1) is 0 Å². The summed E-state index contributed by atoms with van der Waals surface area (Å²) in [5.74, 6) is -0.153. The smallest absolute Gasteiger partial charge is 0.231 e. The van der Waals surface area contributed by atoms with Gasteiger partial charge in [-0.25, -0.2) is 4.98 Å². The highest BCUT2D eigenvalue weighted by Crippen LogP contribution is 2.25. The lowest BCUT2D eigenvalue weighted by Crippen LogP contribution is -2.20. The Morgan fingerprint density at radius 2 is 1.89 bits per heavy atom. The summed E-state index contributed by atoms with van der Waals surface area (Å²) in [6, 6.07) is 21.9. The molecule has 0 spiro atoms. The van der Waals surface area contributed by atoms with Gasteiger partial charge in [0.05, 0.1) is 11.6 Å². The van der Waals surface area contributed by atoms with Gasteiger partial charge in [0.25, 0.3) is 0 Å². The predicted octanol–water partition coefficient (Wildman–Crippen LogP) is 5.44. The lowest BCUT2D eigenvalue weighted by atomic mass is 9.95. The number of rotatable bonds is 5. The molecule has 140 valence electrons. The summed E-state index contributed by atoms with van der Waals surface area (Å²) in [6.45, 7) is 4.09. The summed E-state index contributed by atoms with van der Waals surface area (Å²) in [7, 11) is 0. The van der Waals surface area contributed by atoms with Crippen molar-refractivity contribution >= 4 is 17.2 Å². The van der Waals surface area contributed by atoms with E-state index in [1.165, 1.54) is 5.56 Å². The molecule has 1 N–H and O–H groups in total. The van der Waals surface area contributed by atoms with Gasteiger partial charge < -0.3 is 9.72 Å². The summed E-state index contributed by atoms with van der Waals surface area (Å²) < 4.78 is 2.01. The summed E-state index contributed by atoms with van der Waals surface area (Å²) in [5, 5.41) is 3.07. The van der Waals surface area contributed by atoms with E-state index in [4.69, 9.17) is 4.98 Å². The Morgan fingerprint density at radius 3 is 2.68 bits per heavy atom. The third kappa shape index (κ3) is 3.67. The molecule has 0 saturated carbocycles. The molecule has 4 rings (SSSR count). The van der Waals surface area contributed by atoms with Gasteiger partial charge in [0.2, 0.25) is 5.91 Å². The van der Waals surface area contributed by atoms with E-state index < -0.39 is 0 Å². The molecule has 0 bridgehead atoms. The van der Waals surface area contributed by atoms with E-state index in [2.05, 4.69) is 24.4 Å². The average molecular weight is 369 g/mol. The van der Waals surface area contributed by atoms with Crippen LogP contribution in [0.4, 0.5) is 5.69 Å². The molecule has 4 aromatic rings. The second kappa shape index (κ2) is 7.69. The molecule has 0 aliphatic heterocycles. The number of fused-ring (bicyclic) bond motifs is 1. The Morgan fingerprint density at radius 1 is 1.07 bits per heavy atom. The van der Waals surface area contributed by atoms with E-state index in [0.717, 1.165) is 34.6 Å². The number of anilines is 1. The van der Waals surface area contributed by atoms with Gasteiger partial charge >= 0.3 is 0 Å². The monoisotopic (exact) mass is 369 g/mol. The highest BCUT2D eigenvalue weighted by molar-refractivity contribution is 5.96. The molecule has 0 aliphatic rings. The summed E-state index contributed by atoms with van der Waals surface area (Å²) >= 11 is 0. The van der Waals surface area contributed by atoms with Crippen LogP contribution in [0, 0.1) is 6.92 Å². The molecule has 28 heavy (non-hydrogen) atoms. The fourth-order valence-electron chi connectivity index (χ4n) is 3.47. The average Bonchev–Trinajstić information content (AvgIpc) is 3.13. The SMILES string of the molecule is CCC(C(=O)Nc1cccc(-c2cn3ccc(C)cc3n2)c1)c1ccccc1. The molecule has 2 aromatic carbocycles. The van der Waals surface area contributed by atoms with Gasteiger partial charge in [0.15, 0.2) is 0 Å². The number of imidazole rings is 1. The zero-order valence-corrected chi connectivity index (χ0v) is 16.1. The fraction of sp³-hybridized carbons (Fsp3) is 0.167. The zero-order valence-electron chi connectivity index (χ0n) is 16.1. The normalized spacial score (nSPS) is 12.1. The van der Waals surface area contributed by atoms with Gasteiger partial charge in [-0.1, -0.05) is 49.4 Å². The lowest BCUT2D eigenvalue weighted by molar-refractivity contribution is -0.117. The van der Waals surface area contributed by atoms with Gasteiger partial charge in [-0.2, -0.15) is 0 Å². The maximum Gasteiger partial charge on any atom is 0.231 e. The number of nitrogens with one attached hydrogen (secondary N) is 1. The van der Waals surface area contributed by atoms with E-state index in [1.54, 1.807) is 0 Å². The van der Waals surface area contributed by atoms with Crippen molar-refractivity contribution in [2.75, 3.05) is 5.32 Å². The van der Waals surface area contributed by atoms with Crippen LogP contribution in [0.1, 0.15) is 30.4 Å². The first-order chi connectivity index (χ1) is 13.6. The number of carbonyl (C=O) groups is 1. The minimum Gasteiger partial charge on any atom is -0.326 e. The van der Waals surface area contributed by atoms with E-state index in [1.807, 2.05) is 78.3 Å². The first-order valence-corrected chi connectivity index (χ1v) is 9.55. The van der Waals surface area contributed by atoms with Crippen LogP contribution in [0.15, 0.2) is 79.1 Å². The zero-order chi connectivity index (χ0) is 19.5. The van der Waals surface area contributed by atoms with Crippen LogP contribution in [-0.4, -0.2) is 15.3 Å². The minimum atomic E-state index is -0.164. The quantitative estimate of drug-likeness (QED) is 0.509. The van der Waals surface area contributed by atoms with Crippen LogP contribution in [0.3, 0.4) is 0 Å². The van der Waals surface area contributed by atoms with Crippen LogP contribution in [0.2, 0.25) is 0 Å². The molecule has 0 aliphatic carbocycles. The van der Waals surface area contributed by atoms with Crippen LogP contribution in [-0.2, 0) is 4.79 Å². The minimum absolute atomic E-state index is 0.0106. The summed E-state index contributed by atoms with van der Waals surface area (Å²) in [5.41, 5.74) is 5.78. The van der Waals surface area contributed by atoms with Crippen LogP contribution >= 0.6 is 0 Å².